The molecule has 1 aromatic carbocycles. The summed E-state index contributed by atoms with van der Waals surface area (Å²) >= 11 is 0. The smallest absolute Gasteiger partial charge is 0.254 e. The van der Waals surface area contributed by atoms with E-state index < -0.39 is 17.9 Å². The summed E-state index contributed by atoms with van der Waals surface area (Å²) < 4.78 is 25.0. The van der Waals surface area contributed by atoms with Crippen LogP contribution in [0.2, 0.25) is 0 Å². The maximum absolute atomic E-state index is 12.5. The van der Waals surface area contributed by atoms with Gasteiger partial charge in [-0.15, -0.1) is 0 Å². The predicted octanol–water partition coefficient (Wildman–Crippen LogP) is 2.56. The SMILES string of the molecule is CC(C)(c1ccccc1)C(N)C(F)F. The van der Waals surface area contributed by atoms with Crippen LogP contribution in [0.1, 0.15) is 19.4 Å². The van der Waals surface area contributed by atoms with E-state index >= 15 is 0 Å². The van der Waals surface area contributed by atoms with Gasteiger partial charge >= 0.3 is 0 Å². The number of rotatable bonds is 3. The Kier molecular flexibility index (Phi) is 3.21. The maximum atomic E-state index is 12.5. The molecule has 3 heteroatoms. The lowest BCUT2D eigenvalue weighted by atomic mass is 9.78. The molecule has 1 unspecified atom stereocenters. The predicted molar refractivity (Wildman–Crippen MR) is 53.4 cm³/mol. The standard InChI is InChI=1S/C11H15F2N/c1-11(2,9(14)10(12)13)8-6-4-3-5-7-8/h3-7,9-10H,14H2,1-2H3. The molecule has 0 bridgehead atoms. The Hall–Kier alpha value is -0.960. The fourth-order valence-electron chi connectivity index (χ4n) is 1.38. The maximum Gasteiger partial charge on any atom is 0.254 e. The summed E-state index contributed by atoms with van der Waals surface area (Å²) in [6.07, 6.45) is -2.50. The zero-order valence-electron chi connectivity index (χ0n) is 8.37. The van der Waals surface area contributed by atoms with Gasteiger partial charge in [0.25, 0.3) is 6.43 Å². The molecule has 0 aliphatic rings. The van der Waals surface area contributed by atoms with Gasteiger partial charge in [0.1, 0.15) is 0 Å². The van der Waals surface area contributed by atoms with Gasteiger partial charge < -0.3 is 5.73 Å². The summed E-state index contributed by atoms with van der Waals surface area (Å²) in [5, 5.41) is 0. The largest absolute Gasteiger partial charge is 0.322 e. The highest BCUT2D eigenvalue weighted by Crippen LogP contribution is 2.28. The van der Waals surface area contributed by atoms with Crippen molar-refractivity contribution in [2.75, 3.05) is 0 Å². The van der Waals surface area contributed by atoms with E-state index in [1.807, 2.05) is 30.3 Å². The topological polar surface area (TPSA) is 26.0 Å². The zero-order chi connectivity index (χ0) is 10.8. The molecule has 0 amide bonds. The number of hydrogen-bond donors (Lipinski definition) is 1. The first kappa shape index (κ1) is 11.1. The molecule has 14 heavy (non-hydrogen) atoms. The summed E-state index contributed by atoms with van der Waals surface area (Å²) in [6, 6.07) is 8.02. The average molecular weight is 199 g/mol. The Morgan fingerprint density at radius 3 is 2.07 bits per heavy atom. The summed E-state index contributed by atoms with van der Waals surface area (Å²) in [5.74, 6) is 0. The monoisotopic (exact) mass is 199 g/mol. The van der Waals surface area contributed by atoms with Crippen molar-refractivity contribution in [2.45, 2.75) is 31.7 Å². The van der Waals surface area contributed by atoms with Crippen LogP contribution in [0.3, 0.4) is 0 Å². The van der Waals surface area contributed by atoms with Crippen LogP contribution in [0.4, 0.5) is 8.78 Å². The zero-order valence-corrected chi connectivity index (χ0v) is 8.37. The fourth-order valence-corrected chi connectivity index (χ4v) is 1.38. The molecule has 0 aliphatic carbocycles. The molecule has 0 fully saturated rings. The second-order valence-corrected chi connectivity index (χ2v) is 3.95. The lowest BCUT2D eigenvalue weighted by molar-refractivity contribution is 0.0847. The van der Waals surface area contributed by atoms with E-state index in [2.05, 4.69) is 0 Å². The highest BCUT2D eigenvalue weighted by molar-refractivity contribution is 5.25. The van der Waals surface area contributed by atoms with Gasteiger partial charge in [-0.05, 0) is 5.56 Å². The lowest BCUT2D eigenvalue weighted by Gasteiger charge is -2.31. The summed E-state index contributed by atoms with van der Waals surface area (Å²) in [5.41, 5.74) is 5.62. The minimum absolute atomic E-state index is 0.699. The van der Waals surface area contributed by atoms with Crippen LogP contribution in [0.5, 0.6) is 0 Å². The molecule has 78 valence electrons. The molecular formula is C11H15F2N. The van der Waals surface area contributed by atoms with Crippen LogP contribution in [-0.4, -0.2) is 12.5 Å². The molecular weight excluding hydrogens is 184 g/mol. The van der Waals surface area contributed by atoms with Gasteiger partial charge in [-0.2, -0.15) is 0 Å². The molecule has 1 rings (SSSR count). The first-order chi connectivity index (χ1) is 6.46. The summed E-state index contributed by atoms with van der Waals surface area (Å²) in [7, 11) is 0. The van der Waals surface area contributed by atoms with Gasteiger partial charge in [-0.3, -0.25) is 0 Å². The van der Waals surface area contributed by atoms with Gasteiger partial charge in [0.15, 0.2) is 0 Å². The average Bonchev–Trinajstić information content (AvgIpc) is 2.18. The molecule has 2 N–H and O–H groups in total. The van der Waals surface area contributed by atoms with Gasteiger partial charge in [0.05, 0.1) is 6.04 Å². The minimum Gasteiger partial charge on any atom is -0.322 e. The number of benzene rings is 1. The van der Waals surface area contributed by atoms with E-state index in [-0.39, 0.29) is 0 Å². The van der Waals surface area contributed by atoms with Crippen molar-refractivity contribution in [3.8, 4) is 0 Å². The molecule has 0 heterocycles. The van der Waals surface area contributed by atoms with Crippen molar-refractivity contribution in [3.63, 3.8) is 0 Å². The Morgan fingerprint density at radius 2 is 1.64 bits per heavy atom. The molecule has 1 nitrogen and oxygen atoms in total. The van der Waals surface area contributed by atoms with E-state index in [1.54, 1.807) is 13.8 Å². The quantitative estimate of drug-likeness (QED) is 0.795. The van der Waals surface area contributed by atoms with E-state index in [4.69, 9.17) is 5.73 Å². The van der Waals surface area contributed by atoms with Crippen LogP contribution < -0.4 is 5.73 Å². The highest BCUT2D eigenvalue weighted by Gasteiger charge is 2.34. The third kappa shape index (κ3) is 2.10. The van der Waals surface area contributed by atoms with E-state index in [0.29, 0.717) is 0 Å². The van der Waals surface area contributed by atoms with Crippen LogP contribution >= 0.6 is 0 Å². The number of nitrogens with two attached hydrogens (primary N) is 1. The lowest BCUT2D eigenvalue weighted by Crippen LogP contribution is -2.46. The molecule has 0 radical (unpaired) electrons. The molecule has 0 saturated heterocycles. The van der Waals surface area contributed by atoms with E-state index in [1.165, 1.54) is 0 Å². The van der Waals surface area contributed by atoms with Gasteiger partial charge in [0, 0.05) is 5.41 Å². The molecule has 0 aromatic heterocycles. The van der Waals surface area contributed by atoms with Crippen molar-refractivity contribution in [3.05, 3.63) is 35.9 Å². The molecule has 0 saturated carbocycles. The fraction of sp³-hybridized carbons (Fsp3) is 0.455. The normalized spacial score (nSPS) is 14.4. The third-order valence-electron chi connectivity index (χ3n) is 2.62. The second kappa shape index (κ2) is 4.05. The van der Waals surface area contributed by atoms with Crippen LogP contribution in [0, 0.1) is 0 Å². The van der Waals surface area contributed by atoms with Crippen molar-refractivity contribution in [1.29, 1.82) is 0 Å². The second-order valence-electron chi connectivity index (χ2n) is 3.95. The minimum atomic E-state index is -2.50. The number of halogens is 2. The molecule has 1 atom stereocenters. The van der Waals surface area contributed by atoms with Crippen LogP contribution in [0.25, 0.3) is 0 Å². The Labute approximate surface area is 82.9 Å². The Morgan fingerprint density at radius 1 is 1.14 bits per heavy atom. The first-order valence-electron chi connectivity index (χ1n) is 4.55. The number of hydrogen-bond acceptors (Lipinski definition) is 1. The Bertz CT molecular complexity index is 283. The van der Waals surface area contributed by atoms with Gasteiger partial charge in [-0.25, -0.2) is 8.78 Å². The Balaban J connectivity index is 2.96. The van der Waals surface area contributed by atoms with Crippen molar-refractivity contribution in [2.24, 2.45) is 5.73 Å². The van der Waals surface area contributed by atoms with Crippen molar-refractivity contribution < 1.29 is 8.78 Å². The van der Waals surface area contributed by atoms with E-state index in [0.717, 1.165) is 5.56 Å². The van der Waals surface area contributed by atoms with Crippen LogP contribution in [0.15, 0.2) is 30.3 Å². The summed E-state index contributed by atoms with van der Waals surface area (Å²) in [6.45, 7) is 3.47. The summed E-state index contributed by atoms with van der Waals surface area (Å²) in [4.78, 5) is 0. The molecule has 1 aromatic rings. The van der Waals surface area contributed by atoms with Crippen LogP contribution in [-0.2, 0) is 5.41 Å². The first-order valence-corrected chi connectivity index (χ1v) is 4.55. The third-order valence-corrected chi connectivity index (χ3v) is 2.62. The van der Waals surface area contributed by atoms with Gasteiger partial charge in [-0.1, -0.05) is 44.2 Å². The van der Waals surface area contributed by atoms with Crippen molar-refractivity contribution in [1.82, 2.24) is 0 Å². The van der Waals surface area contributed by atoms with Gasteiger partial charge in [0.2, 0.25) is 0 Å². The van der Waals surface area contributed by atoms with Crippen molar-refractivity contribution >= 4 is 0 Å². The van der Waals surface area contributed by atoms with E-state index in [9.17, 15) is 8.78 Å². The molecule has 0 aliphatic heterocycles. The number of alkyl halides is 2. The molecule has 0 spiro atoms. The highest BCUT2D eigenvalue weighted by atomic mass is 19.3.